The first-order chi connectivity index (χ1) is 20.8. The topological polar surface area (TPSA) is 141 Å². The number of hydrazone groups is 2. The lowest BCUT2D eigenvalue weighted by Gasteiger charge is -2.07. The zero-order chi connectivity index (χ0) is 30.6. The molecule has 0 radical (unpaired) electrons. The van der Waals surface area contributed by atoms with Crippen molar-refractivity contribution in [1.82, 2.24) is 10.9 Å². The first kappa shape index (κ1) is 31.0. The standard InChI is InChI=1S/C31H30N6O4S2/c1-20(22-8-3-10-24(18-22)32-30(40)26-12-6-16-42-26)34-36-28(38)14-5-15-29(39)37-35-21(2)23-9-4-11-25(19-23)33-31(41)27-13-7-17-43-27/h3-4,6-13,16-19H,5,14-15H2,1-2H3,(H,32,40)(H,33,41)(H,36,38)(H,37,39). The van der Waals surface area contributed by atoms with E-state index in [9.17, 15) is 19.2 Å². The van der Waals surface area contributed by atoms with Crippen molar-refractivity contribution >= 4 is 69.1 Å². The highest BCUT2D eigenvalue weighted by Gasteiger charge is 2.10. The molecule has 4 aromatic rings. The summed E-state index contributed by atoms with van der Waals surface area (Å²) in [7, 11) is 0. The van der Waals surface area contributed by atoms with Gasteiger partial charge in [0.2, 0.25) is 11.8 Å². The minimum atomic E-state index is -0.324. The molecule has 0 spiro atoms. The van der Waals surface area contributed by atoms with E-state index in [1.165, 1.54) is 22.7 Å². The van der Waals surface area contributed by atoms with Crippen LogP contribution in [0.15, 0.2) is 93.8 Å². The zero-order valence-corrected chi connectivity index (χ0v) is 25.2. The van der Waals surface area contributed by atoms with Gasteiger partial charge in [0.15, 0.2) is 0 Å². The molecule has 220 valence electrons. The minimum absolute atomic E-state index is 0.107. The Balaban J connectivity index is 1.19. The number of nitrogens with zero attached hydrogens (tertiary/aromatic N) is 2. The van der Waals surface area contributed by atoms with Crippen LogP contribution < -0.4 is 21.5 Å². The number of rotatable bonds is 12. The highest BCUT2D eigenvalue weighted by atomic mass is 32.1. The van der Waals surface area contributed by atoms with Gasteiger partial charge in [-0.05, 0) is 78.6 Å². The number of hydrogen-bond acceptors (Lipinski definition) is 8. The number of amides is 4. The van der Waals surface area contributed by atoms with Crippen LogP contribution in [0.4, 0.5) is 11.4 Å². The van der Waals surface area contributed by atoms with Crippen LogP contribution in [-0.4, -0.2) is 35.1 Å². The molecule has 0 aliphatic rings. The fourth-order valence-electron chi connectivity index (χ4n) is 3.79. The van der Waals surface area contributed by atoms with Gasteiger partial charge in [-0.1, -0.05) is 36.4 Å². The molecule has 43 heavy (non-hydrogen) atoms. The Morgan fingerprint density at radius 3 is 1.47 bits per heavy atom. The van der Waals surface area contributed by atoms with Gasteiger partial charge < -0.3 is 10.6 Å². The summed E-state index contributed by atoms with van der Waals surface area (Å²) in [5.74, 6) is -1.03. The Morgan fingerprint density at radius 1 is 0.628 bits per heavy atom. The Morgan fingerprint density at radius 2 is 1.07 bits per heavy atom. The smallest absolute Gasteiger partial charge is 0.265 e. The van der Waals surface area contributed by atoms with Crippen LogP contribution in [0.3, 0.4) is 0 Å². The molecule has 0 unspecified atom stereocenters. The van der Waals surface area contributed by atoms with Crippen molar-refractivity contribution in [2.24, 2.45) is 10.2 Å². The second kappa shape index (κ2) is 15.3. The summed E-state index contributed by atoms with van der Waals surface area (Å²) in [6, 6.07) is 21.5. The normalized spacial score (nSPS) is 11.5. The number of benzene rings is 2. The van der Waals surface area contributed by atoms with E-state index in [0.717, 1.165) is 11.1 Å². The summed E-state index contributed by atoms with van der Waals surface area (Å²) >= 11 is 2.72. The number of thiophene rings is 2. The third kappa shape index (κ3) is 9.55. The van der Waals surface area contributed by atoms with Crippen LogP contribution >= 0.6 is 22.7 Å². The highest BCUT2D eigenvalue weighted by Crippen LogP contribution is 2.17. The zero-order valence-electron chi connectivity index (χ0n) is 23.5. The van der Waals surface area contributed by atoms with Gasteiger partial charge in [0.1, 0.15) is 0 Å². The van der Waals surface area contributed by atoms with Gasteiger partial charge in [0.25, 0.3) is 11.8 Å². The van der Waals surface area contributed by atoms with Crippen LogP contribution in [0, 0.1) is 0 Å². The number of anilines is 2. The molecule has 0 aliphatic heterocycles. The summed E-state index contributed by atoms with van der Waals surface area (Å²) in [5, 5.41) is 17.7. The van der Waals surface area contributed by atoms with E-state index in [1.807, 2.05) is 35.0 Å². The fourth-order valence-corrected chi connectivity index (χ4v) is 5.03. The van der Waals surface area contributed by atoms with E-state index in [2.05, 4.69) is 31.7 Å². The first-order valence-electron chi connectivity index (χ1n) is 13.4. The van der Waals surface area contributed by atoms with E-state index in [0.29, 0.717) is 39.0 Å². The van der Waals surface area contributed by atoms with Crippen LogP contribution in [0.5, 0.6) is 0 Å². The average molecular weight is 615 g/mol. The second-order valence-corrected chi connectivity index (χ2v) is 11.2. The molecule has 0 saturated carbocycles. The van der Waals surface area contributed by atoms with E-state index in [4.69, 9.17) is 0 Å². The lowest BCUT2D eigenvalue weighted by atomic mass is 10.1. The Hall–Kier alpha value is -4.94. The monoisotopic (exact) mass is 614 g/mol. The first-order valence-corrected chi connectivity index (χ1v) is 15.1. The van der Waals surface area contributed by atoms with Crippen molar-refractivity contribution in [3.8, 4) is 0 Å². The molecule has 10 nitrogen and oxygen atoms in total. The van der Waals surface area contributed by atoms with Crippen LogP contribution in [0.1, 0.15) is 63.6 Å². The lowest BCUT2D eigenvalue weighted by molar-refractivity contribution is -0.122. The molecule has 0 aliphatic carbocycles. The molecule has 0 fully saturated rings. The molecule has 4 N–H and O–H groups in total. The predicted octanol–water partition coefficient (Wildman–Crippen LogP) is 5.87. The third-order valence-corrected chi connectivity index (χ3v) is 7.81. The Kier molecular flexibility index (Phi) is 11.1. The molecule has 2 aromatic carbocycles. The largest absolute Gasteiger partial charge is 0.321 e. The quantitative estimate of drug-likeness (QED) is 0.117. The van der Waals surface area contributed by atoms with Crippen molar-refractivity contribution in [2.45, 2.75) is 33.1 Å². The maximum Gasteiger partial charge on any atom is 0.265 e. The van der Waals surface area contributed by atoms with Gasteiger partial charge in [-0.15, -0.1) is 22.7 Å². The van der Waals surface area contributed by atoms with Gasteiger partial charge >= 0.3 is 0 Å². The SMILES string of the molecule is CC(=NNC(=O)CCCC(=O)NN=C(C)c1cccc(NC(=O)c2cccs2)c1)c1cccc(NC(=O)c2cccs2)c1. The molecule has 0 saturated heterocycles. The number of hydrogen-bond donors (Lipinski definition) is 4. The second-order valence-electron chi connectivity index (χ2n) is 9.34. The summed E-state index contributed by atoms with van der Waals surface area (Å²) in [6.45, 7) is 3.50. The van der Waals surface area contributed by atoms with Crippen molar-refractivity contribution in [3.63, 3.8) is 0 Å². The van der Waals surface area contributed by atoms with Crippen LogP contribution in [0.2, 0.25) is 0 Å². The van der Waals surface area contributed by atoms with Crippen molar-refractivity contribution < 1.29 is 19.2 Å². The van der Waals surface area contributed by atoms with E-state index in [-0.39, 0.29) is 36.5 Å². The summed E-state index contributed by atoms with van der Waals surface area (Å²) in [6.07, 6.45) is 0.529. The van der Waals surface area contributed by atoms with Crippen molar-refractivity contribution in [2.75, 3.05) is 10.6 Å². The van der Waals surface area contributed by atoms with E-state index < -0.39 is 0 Å². The molecular weight excluding hydrogens is 585 g/mol. The number of nitrogens with one attached hydrogen (secondary N) is 4. The minimum Gasteiger partial charge on any atom is -0.321 e. The molecule has 2 heterocycles. The molecule has 4 rings (SSSR count). The van der Waals surface area contributed by atoms with Crippen molar-refractivity contribution in [1.29, 1.82) is 0 Å². The maximum atomic E-state index is 12.3. The summed E-state index contributed by atoms with van der Waals surface area (Å²) < 4.78 is 0. The molecule has 0 bridgehead atoms. The number of carbonyl (C=O) groups excluding carboxylic acids is 4. The van der Waals surface area contributed by atoms with Gasteiger partial charge in [-0.2, -0.15) is 10.2 Å². The lowest BCUT2D eigenvalue weighted by Crippen LogP contribution is -2.22. The van der Waals surface area contributed by atoms with Gasteiger partial charge in [-0.3, -0.25) is 19.2 Å². The third-order valence-electron chi connectivity index (χ3n) is 6.07. The van der Waals surface area contributed by atoms with Crippen molar-refractivity contribution in [3.05, 3.63) is 104 Å². The highest BCUT2D eigenvalue weighted by molar-refractivity contribution is 7.12. The molecule has 2 aromatic heterocycles. The predicted molar refractivity (Wildman–Crippen MR) is 172 cm³/mol. The number of carbonyl (C=O) groups is 4. The van der Waals surface area contributed by atoms with Gasteiger partial charge in [0, 0.05) is 24.2 Å². The van der Waals surface area contributed by atoms with E-state index in [1.54, 1.807) is 62.4 Å². The average Bonchev–Trinajstić information content (AvgIpc) is 3.74. The van der Waals surface area contributed by atoms with Gasteiger partial charge in [0.05, 0.1) is 21.2 Å². The molecule has 4 amide bonds. The fraction of sp³-hybridized carbons (Fsp3) is 0.161. The summed E-state index contributed by atoms with van der Waals surface area (Å²) in [4.78, 5) is 50.4. The van der Waals surface area contributed by atoms with Gasteiger partial charge in [-0.25, -0.2) is 10.9 Å². The maximum absolute atomic E-state index is 12.3. The summed E-state index contributed by atoms with van der Waals surface area (Å²) in [5.41, 5.74) is 8.88. The van der Waals surface area contributed by atoms with Crippen LogP contribution in [-0.2, 0) is 9.59 Å². The Bertz CT molecular complexity index is 1520. The molecule has 12 heteroatoms. The Labute approximate surface area is 256 Å². The molecule has 0 atom stereocenters. The van der Waals surface area contributed by atoms with E-state index >= 15 is 0 Å². The van der Waals surface area contributed by atoms with Crippen LogP contribution in [0.25, 0.3) is 0 Å². The molecular formula is C31H30N6O4S2.